The summed E-state index contributed by atoms with van der Waals surface area (Å²) in [7, 11) is -6.12. The fraction of sp³-hybridized carbons (Fsp3) is 0.302. The van der Waals surface area contributed by atoms with Crippen molar-refractivity contribution in [3.8, 4) is 0 Å². The van der Waals surface area contributed by atoms with E-state index in [1.165, 1.54) is 78.9 Å². The summed E-state index contributed by atoms with van der Waals surface area (Å²) in [6, 6.07) is 50.6. The molecule has 0 spiro atoms. The topological polar surface area (TPSA) is 57.2 Å². The van der Waals surface area contributed by atoms with Gasteiger partial charge in [0.05, 0.1) is 11.1 Å². The molecule has 0 fully saturated rings. The van der Waals surface area contributed by atoms with E-state index in [4.69, 9.17) is 0 Å². The van der Waals surface area contributed by atoms with E-state index in [0.717, 1.165) is 19.0 Å². The van der Waals surface area contributed by atoms with Crippen LogP contribution >= 0.6 is 7.26 Å². The zero-order chi connectivity index (χ0) is 33.9. The van der Waals surface area contributed by atoms with Crippen molar-refractivity contribution < 1.29 is 13.0 Å². The van der Waals surface area contributed by atoms with Gasteiger partial charge in [0.15, 0.2) is 0 Å². The van der Waals surface area contributed by atoms with Gasteiger partial charge in [-0.1, -0.05) is 168 Å². The summed E-state index contributed by atoms with van der Waals surface area (Å²) < 4.78 is 33.5. The number of aryl methyl sites for hydroxylation is 1. The third-order valence-electron chi connectivity index (χ3n) is 8.90. The highest BCUT2D eigenvalue weighted by atomic mass is 32.2. The lowest BCUT2D eigenvalue weighted by atomic mass is 10.0. The number of hydrogen-bond donors (Lipinski definition) is 0. The molecule has 0 aromatic heterocycles. The number of hydrogen-bond acceptors (Lipinski definition) is 3. The van der Waals surface area contributed by atoms with Crippen molar-refractivity contribution in [2.75, 3.05) is 0 Å². The van der Waals surface area contributed by atoms with Gasteiger partial charge in [-0.05, 0) is 66.4 Å². The smallest absolute Gasteiger partial charge is 0.124 e. The molecule has 5 aromatic rings. The van der Waals surface area contributed by atoms with E-state index >= 15 is 0 Å². The summed E-state index contributed by atoms with van der Waals surface area (Å²) >= 11 is 0. The van der Waals surface area contributed by atoms with Crippen molar-refractivity contribution in [2.45, 2.75) is 88.6 Å². The molecule has 0 aliphatic carbocycles. The lowest BCUT2D eigenvalue weighted by molar-refractivity contribution is 0.461. The Morgan fingerprint density at radius 3 is 1.29 bits per heavy atom. The van der Waals surface area contributed by atoms with Gasteiger partial charge in [-0.25, -0.2) is 8.42 Å². The first-order valence-electron chi connectivity index (χ1n) is 17.6. The van der Waals surface area contributed by atoms with Crippen LogP contribution in [0.5, 0.6) is 0 Å². The molecule has 5 rings (SSSR count). The van der Waals surface area contributed by atoms with E-state index in [9.17, 15) is 13.0 Å². The first-order chi connectivity index (χ1) is 23.4. The highest BCUT2D eigenvalue weighted by Gasteiger charge is 2.45. The first-order valence-corrected chi connectivity index (χ1v) is 21.0. The Kier molecular flexibility index (Phi) is 15.6. The van der Waals surface area contributed by atoms with Crippen molar-refractivity contribution in [1.29, 1.82) is 0 Å². The van der Waals surface area contributed by atoms with Gasteiger partial charge in [-0.2, -0.15) is 0 Å². The monoisotopic (exact) mass is 678 g/mol. The average molecular weight is 679 g/mol. The zero-order valence-corrected chi connectivity index (χ0v) is 30.1. The molecule has 0 atom stereocenters. The van der Waals surface area contributed by atoms with E-state index < -0.39 is 17.4 Å². The molecule has 48 heavy (non-hydrogen) atoms. The Hall–Kier alpha value is -3.56. The summed E-state index contributed by atoms with van der Waals surface area (Å²) in [5.41, 5.74) is 2.05. The zero-order valence-electron chi connectivity index (χ0n) is 28.4. The van der Waals surface area contributed by atoms with Crippen molar-refractivity contribution in [1.82, 2.24) is 0 Å². The molecule has 3 nitrogen and oxygen atoms in total. The summed E-state index contributed by atoms with van der Waals surface area (Å²) in [6.07, 6.45) is 14.2. The summed E-state index contributed by atoms with van der Waals surface area (Å²) in [5.74, 6) is 0. The van der Waals surface area contributed by atoms with Gasteiger partial charge in [0.25, 0.3) is 0 Å². The largest absolute Gasteiger partial charge is 0.744 e. The van der Waals surface area contributed by atoms with E-state index in [-0.39, 0.29) is 4.90 Å². The van der Waals surface area contributed by atoms with Crippen molar-refractivity contribution >= 4 is 33.3 Å². The normalized spacial score (nSPS) is 11.5. The van der Waals surface area contributed by atoms with Crippen molar-refractivity contribution in [3.05, 3.63) is 157 Å². The van der Waals surface area contributed by atoms with E-state index in [0.29, 0.717) is 12.0 Å². The van der Waals surface area contributed by atoms with Gasteiger partial charge in [-0.15, -0.1) is 0 Å². The van der Waals surface area contributed by atoms with Crippen LogP contribution in [0.15, 0.2) is 150 Å². The van der Waals surface area contributed by atoms with E-state index in [1.54, 1.807) is 18.2 Å². The highest BCUT2D eigenvalue weighted by Crippen LogP contribution is 2.58. The first kappa shape index (κ1) is 37.3. The predicted molar refractivity (Wildman–Crippen MR) is 205 cm³/mol. The van der Waals surface area contributed by atoms with Gasteiger partial charge in [-0.3, -0.25) is 0 Å². The second-order valence-corrected chi connectivity index (χ2v) is 17.3. The van der Waals surface area contributed by atoms with Crippen LogP contribution in [0.3, 0.4) is 0 Å². The van der Waals surface area contributed by atoms with Crippen molar-refractivity contribution in [3.63, 3.8) is 0 Å². The van der Waals surface area contributed by atoms with E-state index in [1.807, 2.05) is 0 Å². The Morgan fingerprint density at radius 2 is 0.854 bits per heavy atom. The maximum atomic E-state index is 11.2. The third-order valence-corrected chi connectivity index (χ3v) is 14.2. The molecular formula is C43H51O3PS. The minimum atomic E-state index is -4.35. The Bertz CT molecular complexity index is 1600. The maximum Gasteiger partial charge on any atom is 0.124 e. The fourth-order valence-corrected chi connectivity index (χ4v) is 11.4. The quantitative estimate of drug-likeness (QED) is 0.0559. The van der Waals surface area contributed by atoms with Crippen LogP contribution in [0, 0.1) is 0 Å². The summed E-state index contributed by atoms with van der Waals surface area (Å²) in [6.45, 7) is 2.23. The van der Waals surface area contributed by atoms with Gasteiger partial charge < -0.3 is 4.55 Å². The summed E-state index contributed by atoms with van der Waals surface area (Å²) in [5, 5.41) is 4.30. The second kappa shape index (κ2) is 20.1. The maximum absolute atomic E-state index is 11.2. The Morgan fingerprint density at radius 1 is 0.479 bits per heavy atom. The van der Waals surface area contributed by atoms with Crippen LogP contribution in [-0.2, 0) is 22.7 Å². The second-order valence-electron chi connectivity index (χ2n) is 12.5. The van der Waals surface area contributed by atoms with Gasteiger partial charge in [0.1, 0.15) is 33.3 Å². The third kappa shape index (κ3) is 11.3. The molecule has 0 saturated heterocycles. The fourth-order valence-electron chi connectivity index (χ4n) is 6.38. The number of unbranched alkanes of at least 4 members (excludes halogenated alkanes) is 9. The molecular weight excluding hydrogens is 628 g/mol. The molecule has 0 bridgehead atoms. The minimum absolute atomic E-state index is 0.0501. The van der Waals surface area contributed by atoms with Gasteiger partial charge in [0, 0.05) is 0 Å². The van der Waals surface area contributed by atoms with Crippen molar-refractivity contribution in [2.24, 2.45) is 0 Å². The average Bonchev–Trinajstić information content (AvgIpc) is 3.13. The van der Waals surface area contributed by atoms with Crippen LogP contribution in [0.4, 0.5) is 0 Å². The van der Waals surface area contributed by atoms with Gasteiger partial charge in [0.2, 0.25) is 0 Å². The molecule has 0 heterocycles. The lowest BCUT2D eigenvalue weighted by Crippen LogP contribution is -2.32. The molecule has 0 N–H and O–H groups in total. The number of rotatable bonds is 17. The van der Waals surface area contributed by atoms with Crippen LogP contribution < -0.4 is 15.9 Å². The van der Waals surface area contributed by atoms with Crippen LogP contribution in [0.25, 0.3) is 0 Å². The number of benzene rings is 5. The molecule has 252 valence electrons. The molecule has 5 heteroatoms. The van der Waals surface area contributed by atoms with E-state index in [2.05, 4.69) is 128 Å². The highest BCUT2D eigenvalue weighted by molar-refractivity contribution is 7.95. The molecule has 0 amide bonds. The Labute approximate surface area is 290 Å². The molecule has 0 aliphatic heterocycles. The molecule has 0 radical (unpaired) electrons. The molecule has 0 unspecified atom stereocenters. The standard InChI is InChI=1S/C25H22P.C18H30O3S/c1-5-13-22(14-6-1)21-26(23-15-7-2-8-16-23,24-17-9-3-10-18-24)25-19-11-4-12-20-25;1-2-3-4-5-6-7-8-9-10-11-14-17-15-12-13-16-18(17)22(19,20)21/h1-20H,21H2;12-13,15-16H,2-11,14H2,1H3,(H,19,20,21)/q+1;/p-1. The Balaban J connectivity index is 0.000000221. The summed E-state index contributed by atoms with van der Waals surface area (Å²) in [4.78, 5) is -0.0501. The molecule has 0 aliphatic rings. The van der Waals surface area contributed by atoms with Crippen LogP contribution in [0.2, 0.25) is 0 Å². The minimum Gasteiger partial charge on any atom is -0.744 e. The van der Waals surface area contributed by atoms with Crippen LogP contribution in [0.1, 0.15) is 82.3 Å². The van der Waals surface area contributed by atoms with Crippen LogP contribution in [-0.4, -0.2) is 13.0 Å². The predicted octanol–water partition coefficient (Wildman–Crippen LogP) is 10.2. The van der Waals surface area contributed by atoms with Gasteiger partial charge >= 0.3 is 0 Å². The molecule has 0 saturated carbocycles. The molecule has 5 aromatic carbocycles. The lowest BCUT2D eigenvalue weighted by Gasteiger charge is -2.27. The SMILES string of the molecule is CCCCCCCCCCCCc1ccccc1S(=O)(=O)[O-].c1ccc(C[P+](c2ccccc2)(c2ccccc2)c2ccccc2)cc1.